The molecule has 0 unspecified atom stereocenters. The van der Waals surface area contributed by atoms with Gasteiger partial charge in [-0.15, -0.1) is 0 Å². The Morgan fingerprint density at radius 2 is 2.20 bits per heavy atom. The number of benzene rings is 1. The fourth-order valence-electron chi connectivity index (χ4n) is 2.24. The van der Waals surface area contributed by atoms with Crippen LogP contribution in [0.25, 0.3) is 0 Å². The lowest BCUT2D eigenvalue weighted by Gasteiger charge is -2.22. The van der Waals surface area contributed by atoms with E-state index < -0.39 is 0 Å². The third kappa shape index (κ3) is 2.63. The van der Waals surface area contributed by atoms with Crippen molar-refractivity contribution in [3.8, 4) is 0 Å². The average molecular weight is 334 g/mol. The quantitative estimate of drug-likeness (QED) is 0.862. The largest absolute Gasteiger partial charge is 0.337 e. The van der Waals surface area contributed by atoms with Gasteiger partial charge in [-0.2, -0.15) is 0 Å². The summed E-state index contributed by atoms with van der Waals surface area (Å²) in [6.45, 7) is 0.564. The Kier molecular flexibility index (Phi) is 3.61. The summed E-state index contributed by atoms with van der Waals surface area (Å²) in [7, 11) is 1.95. The molecule has 1 aliphatic carbocycles. The van der Waals surface area contributed by atoms with Gasteiger partial charge in [-0.05, 0) is 40.9 Å². The summed E-state index contributed by atoms with van der Waals surface area (Å²) in [5.74, 6) is 0.986. The van der Waals surface area contributed by atoms with Crippen LogP contribution in [0.4, 0.5) is 0 Å². The highest BCUT2D eigenvalue weighted by atomic mass is 79.9. The predicted molar refractivity (Wildman–Crippen MR) is 80.2 cm³/mol. The molecular formula is C15H16BrN3O. The standard InChI is InChI=1S/C15H16BrN3O/c1-18-9-8-17-14(18)10-19(11-6-7-11)15(20)12-4-2-3-5-13(12)16/h2-5,8-9,11H,6-7,10H2,1H3. The molecule has 5 heteroatoms. The molecule has 1 heterocycles. The number of rotatable bonds is 4. The van der Waals surface area contributed by atoms with Crippen LogP contribution in [0.3, 0.4) is 0 Å². The zero-order chi connectivity index (χ0) is 14.1. The Bertz CT molecular complexity index is 634. The highest BCUT2D eigenvalue weighted by Gasteiger charge is 2.34. The van der Waals surface area contributed by atoms with Crippen LogP contribution in [-0.2, 0) is 13.6 Å². The fourth-order valence-corrected chi connectivity index (χ4v) is 2.70. The summed E-state index contributed by atoms with van der Waals surface area (Å²) in [5.41, 5.74) is 0.716. The minimum atomic E-state index is 0.0722. The van der Waals surface area contributed by atoms with Crippen LogP contribution in [-0.4, -0.2) is 26.4 Å². The van der Waals surface area contributed by atoms with Crippen LogP contribution in [0, 0.1) is 0 Å². The maximum atomic E-state index is 12.7. The van der Waals surface area contributed by atoms with Crippen molar-refractivity contribution in [2.75, 3.05) is 0 Å². The lowest BCUT2D eigenvalue weighted by atomic mass is 10.2. The molecule has 1 aromatic heterocycles. The molecule has 1 aromatic carbocycles. The van der Waals surface area contributed by atoms with Crippen LogP contribution in [0.15, 0.2) is 41.1 Å². The van der Waals surface area contributed by atoms with Crippen molar-refractivity contribution < 1.29 is 4.79 Å². The van der Waals surface area contributed by atoms with Crippen molar-refractivity contribution in [3.05, 3.63) is 52.5 Å². The molecular weight excluding hydrogens is 318 g/mol. The van der Waals surface area contributed by atoms with E-state index in [1.54, 1.807) is 6.20 Å². The van der Waals surface area contributed by atoms with E-state index in [9.17, 15) is 4.79 Å². The lowest BCUT2D eigenvalue weighted by molar-refractivity contribution is 0.0723. The molecule has 1 aliphatic rings. The van der Waals surface area contributed by atoms with Crippen LogP contribution < -0.4 is 0 Å². The zero-order valence-electron chi connectivity index (χ0n) is 11.3. The number of imidazole rings is 1. The second-order valence-corrected chi connectivity index (χ2v) is 5.95. The number of aryl methyl sites for hydroxylation is 1. The SMILES string of the molecule is Cn1ccnc1CN(C(=O)c1ccccc1Br)C1CC1. The third-order valence-electron chi connectivity index (χ3n) is 3.59. The second kappa shape index (κ2) is 5.40. The third-order valence-corrected chi connectivity index (χ3v) is 4.28. The number of carbonyl (C=O) groups excluding carboxylic acids is 1. The maximum absolute atomic E-state index is 12.7. The average Bonchev–Trinajstić information content (AvgIpc) is 3.20. The number of nitrogens with zero attached hydrogens (tertiary/aromatic N) is 3. The van der Waals surface area contributed by atoms with Crippen molar-refractivity contribution in [1.82, 2.24) is 14.5 Å². The molecule has 1 amide bonds. The summed E-state index contributed by atoms with van der Waals surface area (Å²) >= 11 is 3.46. The molecule has 0 saturated heterocycles. The fraction of sp³-hybridized carbons (Fsp3) is 0.333. The van der Waals surface area contributed by atoms with E-state index in [-0.39, 0.29) is 5.91 Å². The Labute approximate surface area is 126 Å². The van der Waals surface area contributed by atoms with E-state index in [1.165, 1.54) is 0 Å². The highest BCUT2D eigenvalue weighted by molar-refractivity contribution is 9.10. The van der Waals surface area contributed by atoms with Crippen molar-refractivity contribution in [3.63, 3.8) is 0 Å². The van der Waals surface area contributed by atoms with Crippen molar-refractivity contribution >= 4 is 21.8 Å². The van der Waals surface area contributed by atoms with Crippen LogP contribution in [0.2, 0.25) is 0 Å². The monoisotopic (exact) mass is 333 g/mol. The van der Waals surface area contributed by atoms with Gasteiger partial charge in [0.15, 0.2) is 0 Å². The van der Waals surface area contributed by atoms with Gasteiger partial charge < -0.3 is 9.47 Å². The van der Waals surface area contributed by atoms with E-state index in [0.717, 1.165) is 23.1 Å². The summed E-state index contributed by atoms with van der Waals surface area (Å²) in [4.78, 5) is 19.0. The van der Waals surface area contributed by atoms with Gasteiger partial charge in [0.25, 0.3) is 5.91 Å². The Hall–Kier alpha value is -1.62. The van der Waals surface area contributed by atoms with Crippen LogP contribution in [0.1, 0.15) is 29.0 Å². The van der Waals surface area contributed by atoms with Gasteiger partial charge in [0.2, 0.25) is 0 Å². The van der Waals surface area contributed by atoms with E-state index >= 15 is 0 Å². The number of carbonyl (C=O) groups is 1. The summed E-state index contributed by atoms with van der Waals surface area (Å²) in [6.07, 6.45) is 5.84. The zero-order valence-corrected chi connectivity index (χ0v) is 12.9. The van der Waals surface area contributed by atoms with E-state index in [2.05, 4.69) is 20.9 Å². The number of hydrogen-bond donors (Lipinski definition) is 0. The molecule has 0 N–H and O–H groups in total. The lowest BCUT2D eigenvalue weighted by Crippen LogP contribution is -2.33. The Balaban J connectivity index is 1.86. The minimum Gasteiger partial charge on any atom is -0.337 e. The number of halogens is 1. The summed E-state index contributed by atoms with van der Waals surface area (Å²) in [5, 5.41) is 0. The normalized spacial score (nSPS) is 14.3. The van der Waals surface area contributed by atoms with Crippen LogP contribution >= 0.6 is 15.9 Å². The molecule has 2 aromatic rings. The maximum Gasteiger partial charge on any atom is 0.255 e. The smallest absolute Gasteiger partial charge is 0.255 e. The number of aromatic nitrogens is 2. The molecule has 0 radical (unpaired) electrons. The van der Waals surface area contributed by atoms with Gasteiger partial charge in [-0.3, -0.25) is 4.79 Å². The first-order chi connectivity index (χ1) is 9.66. The molecule has 1 fully saturated rings. The first-order valence-corrected chi connectivity index (χ1v) is 7.48. The van der Waals surface area contributed by atoms with Gasteiger partial charge in [0.1, 0.15) is 5.82 Å². The number of amides is 1. The van der Waals surface area contributed by atoms with E-state index in [4.69, 9.17) is 0 Å². The molecule has 4 nitrogen and oxygen atoms in total. The molecule has 3 rings (SSSR count). The van der Waals surface area contributed by atoms with E-state index in [0.29, 0.717) is 18.2 Å². The molecule has 0 atom stereocenters. The second-order valence-electron chi connectivity index (χ2n) is 5.10. The van der Waals surface area contributed by atoms with Crippen molar-refractivity contribution in [1.29, 1.82) is 0 Å². The molecule has 0 bridgehead atoms. The van der Waals surface area contributed by atoms with Gasteiger partial charge in [-0.1, -0.05) is 12.1 Å². The summed E-state index contributed by atoms with van der Waals surface area (Å²) < 4.78 is 2.80. The van der Waals surface area contributed by atoms with Gasteiger partial charge in [0.05, 0.1) is 12.1 Å². The predicted octanol–water partition coefficient (Wildman–Crippen LogP) is 2.99. The number of hydrogen-bond acceptors (Lipinski definition) is 2. The molecule has 0 aliphatic heterocycles. The Morgan fingerprint density at radius 3 is 2.80 bits per heavy atom. The van der Waals surface area contributed by atoms with Crippen molar-refractivity contribution in [2.24, 2.45) is 7.05 Å². The van der Waals surface area contributed by atoms with Gasteiger partial charge in [0, 0.05) is 30.0 Å². The van der Waals surface area contributed by atoms with Crippen LogP contribution in [0.5, 0.6) is 0 Å². The molecule has 20 heavy (non-hydrogen) atoms. The first kappa shape index (κ1) is 13.4. The van der Waals surface area contributed by atoms with E-state index in [1.807, 2.05) is 47.0 Å². The topological polar surface area (TPSA) is 38.1 Å². The minimum absolute atomic E-state index is 0.0722. The van der Waals surface area contributed by atoms with Gasteiger partial charge in [-0.25, -0.2) is 4.98 Å². The Morgan fingerprint density at radius 1 is 1.45 bits per heavy atom. The van der Waals surface area contributed by atoms with Crippen molar-refractivity contribution in [2.45, 2.75) is 25.4 Å². The summed E-state index contributed by atoms with van der Waals surface area (Å²) in [6, 6.07) is 7.93. The highest BCUT2D eigenvalue weighted by Crippen LogP contribution is 2.30. The van der Waals surface area contributed by atoms with Gasteiger partial charge >= 0.3 is 0 Å². The molecule has 104 valence electrons. The molecule has 0 spiro atoms. The first-order valence-electron chi connectivity index (χ1n) is 6.68. The molecule has 1 saturated carbocycles.